The van der Waals surface area contributed by atoms with Crippen LogP contribution in [0.3, 0.4) is 0 Å². The minimum absolute atomic E-state index is 0.351. The summed E-state index contributed by atoms with van der Waals surface area (Å²) >= 11 is 3.29. The van der Waals surface area contributed by atoms with Gasteiger partial charge in [0.25, 0.3) is 0 Å². The van der Waals surface area contributed by atoms with Gasteiger partial charge in [0.2, 0.25) is 0 Å². The summed E-state index contributed by atoms with van der Waals surface area (Å²) in [6.45, 7) is 0. The second-order valence-electron chi connectivity index (χ2n) is 3.04. The first-order chi connectivity index (χ1) is 7.16. The monoisotopic (exact) mass is 267 g/mol. The molecule has 0 aliphatic heterocycles. The normalized spacial score (nSPS) is 10.3. The number of benzene rings is 2. The Kier molecular flexibility index (Phi) is 2.82. The molecule has 0 atom stereocenters. The molecule has 0 aliphatic carbocycles. The highest BCUT2D eigenvalue weighted by atomic mass is 79.9. The van der Waals surface area contributed by atoms with E-state index in [9.17, 15) is 8.78 Å². The zero-order valence-corrected chi connectivity index (χ0v) is 9.18. The van der Waals surface area contributed by atoms with Crippen molar-refractivity contribution in [2.24, 2.45) is 0 Å². The van der Waals surface area contributed by atoms with Crippen molar-refractivity contribution in [3.63, 3.8) is 0 Å². The largest absolute Gasteiger partial charge is 0.206 e. The van der Waals surface area contributed by atoms with Crippen molar-refractivity contribution in [2.75, 3.05) is 0 Å². The lowest BCUT2D eigenvalue weighted by molar-refractivity contribution is 0.581. The van der Waals surface area contributed by atoms with E-state index in [1.165, 1.54) is 12.1 Å². The van der Waals surface area contributed by atoms with Gasteiger partial charge in [-0.3, -0.25) is 0 Å². The second-order valence-corrected chi connectivity index (χ2v) is 3.96. The van der Waals surface area contributed by atoms with Crippen LogP contribution >= 0.6 is 15.9 Å². The summed E-state index contributed by atoms with van der Waals surface area (Å²) in [4.78, 5) is 0. The fraction of sp³-hybridized carbons (Fsp3) is 0. The summed E-state index contributed by atoms with van der Waals surface area (Å²) in [5.41, 5.74) is 1.05. The Morgan fingerprint density at radius 1 is 0.933 bits per heavy atom. The van der Waals surface area contributed by atoms with Gasteiger partial charge in [0, 0.05) is 10.0 Å². The van der Waals surface area contributed by atoms with E-state index >= 15 is 0 Å². The van der Waals surface area contributed by atoms with Crippen LogP contribution in [0.25, 0.3) is 11.1 Å². The predicted molar refractivity (Wildman–Crippen MR) is 58.3 cm³/mol. The highest BCUT2D eigenvalue weighted by molar-refractivity contribution is 9.10. The lowest BCUT2D eigenvalue weighted by Gasteiger charge is -2.03. The molecule has 75 valence electrons. The van der Waals surface area contributed by atoms with Crippen LogP contribution in [0.4, 0.5) is 8.78 Å². The lowest BCUT2D eigenvalue weighted by Crippen LogP contribution is -1.86. The Morgan fingerprint density at radius 3 is 2.20 bits per heavy atom. The highest BCUT2D eigenvalue weighted by Gasteiger charge is 2.06. The maximum Gasteiger partial charge on any atom is 0.142 e. The predicted octanol–water partition coefficient (Wildman–Crippen LogP) is 4.19. The van der Waals surface area contributed by atoms with Crippen LogP contribution in [0.2, 0.25) is 0 Å². The van der Waals surface area contributed by atoms with Gasteiger partial charge >= 0.3 is 0 Å². The van der Waals surface area contributed by atoms with E-state index in [0.717, 1.165) is 4.47 Å². The molecule has 0 heterocycles. The van der Waals surface area contributed by atoms with Crippen molar-refractivity contribution in [1.82, 2.24) is 0 Å². The van der Waals surface area contributed by atoms with Gasteiger partial charge in [-0.2, -0.15) is 0 Å². The van der Waals surface area contributed by atoms with Crippen LogP contribution in [-0.4, -0.2) is 0 Å². The first-order valence-electron chi connectivity index (χ1n) is 4.30. The Labute approximate surface area is 94.7 Å². The average molecular weight is 268 g/mol. The van der Waals surface area contributed by atoms with Crippen molar-refractivity contribution in [3.05, 3.63) is 58.6 Å². The number of halogens is 3. The molecule has 0 amide bonds. The summed E-state index contributed by atoms with van der Waals surface area (Å²) in [6, 6.07) is 11.7. The smallest absolute Gasteiger partial charge is 0.142 e. The molecule has 0 saturated heterocycles. The Bertz CT molecular complexity index is 477. The molecule has 0 fully saturated rings. The van der Waals surface area contributed by atoms with Gasteiger partial charge in [0.1, 0.15) is 11.6 Å². The molecule has 0 bridgehead atoms. The molecule has 0 aromatic heterocycles. The number of rotatable bonds is 1. The third kappa shape index (κ3) is 2.23. The summed E-state index contributed by atoms with van der Waals surface area (Å²) in [7, 11) is 0. The molecule has 0 nitrogen and oxygen atoms in total. The summed E-state index contributed by atoms with van der Waals surface area (Å²) in [6.07, 6.45) is 0. The molecular formula is C12H6BrF2. The maximum absolute atomic E-state index is 13.3. The Hall–Kier alpha value is -1.22. The quantitative estimate of drug-likeness (QED) is 0.727. The number of hydrogen-bond donors (Lipinski definition) is 0. The van der Waals surface area contributed by atoms with E-state index in [1.54, 1.807) is 24.3 Å². The molecule has 0 unspecified atom stereocenters. The van der Waals surface area contributed by atoms with E-state index < -0.39 is 11.6 Å². The summed E-state index contributed by atoms with van der Waals surface area (Å²) in [5.74, 6) is -1.36. The first kappa shape index (κ1) is 10.3. The molecule has 1 radical (unpaired) electrons. The second kappa shape index (κ2) is 4.11. The zero-order chi connectivity index (χ0) is 10.8. The van der Waals surface area contributed by atoms with Gasteiger partial charge < -0.3 is 0 Å². The molecule has 2 aromatic rings. The third-order valence-electron chi connectivity index (χ3n) is 2.02. The molecule has 2 rings (SSSR count). The van der Waals surface area contributed by atoms with Gasteiger partial charge in [0.05, 0.1) is 6.07 Å². The van der Waals surface area contributed by atoms with Crippen LogP contribution in [-0.2, 0) is 0 Å². The molecule has 3 heteroatoms. The van der Waals surface area contributed by atoms with Gasteiger partial charge in [-0.15, -0.1) is 0 Å². The van der Waals surface area contributed by atoms with Gasteiger partial charge in [-0.25, -0.2) is 8.78 Å². The average Bonchev–Trinajstić information content (AvgIpc) is 2.20. The van der Waals surface area contributed by atoms with E-state index in [-0.39, 0.29) is 0 Å². The molecule has 2 aromatic carbocycles. The van der Waals surface area contributed by atoms with Crippen molar-refractivity contribution in [3.8, 4) is 11.1 Å². The fourth-order valence-corrected chi connectivity index (χ4v) is 1.56. The summed E-state index contributed by atoms with van der Waals surface area (Å²) < 4.78 is 26.9. The standard InChI is InChI=1S/C12H6BrF2/c13-9-3-1-8(2-4-9)11-6-5-10(14)7-12(11)15/h1-6H. The third-order valence-corrected chi connectivity index (χ3v) is 2.55. The van der Waals surface area contributed by atoms with E-state index in [4.69, 9.17) is 0 Å². The maximum atomic E-state index is 13.3. The van der Waals surface area contributed by atoms with Crippen LogP contribution in [0.1, 0.15) is 0 Å². The van der Waals surface area contributed by atoms with Crippen molar-refractivity contribution in [1.29, 1.82) is 0 Å². The van der Waals surface area contributed by atoms with Crippen LogP contribution in [0.15, 0.2) is 40.9 Å². The van der Waals surface area contributed by atoms with Crippen LogP contribution in [0.5, 0.6) is 0 Å². The van der Waals surface area contributed by atoms with Crippen LogP contribution < -0.4 is 0 Å². The fourth-order valence-electron chi connectivity index (χ4n) is 1.30. The molecule has 0 saturated carbocycles. The molecular weight excluding hydrogens is 262 g/mol. The Morgan fingerprint density at radius 2 is 1.60 bits per heavy atom. The van der Waals surface area contributed by atoms with Crippen molar-refractivity contribution in [2.45, 2.75) is 0 Å². The van der Waals surface area contributed by atoms with Gasteiger partial charge in [-0.05, 0) is 29.8 Å². The summed E-state index contributed by atoms with van der Waals surface area (Å²) in [5, 5.41) is 0. The number of hydrogen-bond acceptors (Lipinski definition) is 0. The van der Waals surface area contributed by atoms with Gasteiger partial charge in [-0.1, -0.05) is 28.1 Å². The Balaban J connectivity index is 2.49. The minimum Gasteiger partial charge on any atom is -0.206 e. The molecule has 15 heavy (non-hydrogen) atoms. The first-order valence-corrected chi connectivity index (χ1v) is 5.09. The van der Waals surface area contributed by atoms with Gasteiger partial charge in [0.15, 0.2) is 0 Å². The molecule has 0 N–H and O–H groups in total. The van der Waals surface area contributed by atoms with E-state index in [0.29, 0.717) is 11.1 Å². The highest BCUT2D eigenvalue weighted by Crippen LogP contribution is 2.24. The SMILES string of the molecule is Fc1[c]c(F)c(-c2ccc(Br)cc2)cc1. The molecule has 0 aliphatic rings. The van der Waals surface area contributed by atoms with E-state index in [1.807, 2.05) is 6.07 Å². The minimum atomic E-state index is -0.687. The zero-order valence-electron chi connectivity index (χ0n) is 7.60. The topological polar surface area (TPSA) is 0 Å². The van der Waals surface area contributed by atoms with Crippen LogP contribution in [0, 0.1) is 17.7 Å². The van der Waals surface area contributed by atoms with E-state index in [2.05, 4.69) is 15.9 Å². The van der Waals surface area contributed by atoms with Crippen molar-refractivity contribution < 1.29 is 8.78 Å². The molecule has 0 spiro atoms. The van der Waals surface area contributed by atoms with Crippen molar-refractivity contribution >= 4 is 15.9 Å². The lowest BCUT2D eigenvalue weighted by atomic mass is 10.1.